The molecule has 0 aromatic heterocycles. The maximum atomic E-state index is 12.8. The second kappa shape index (κ2) is 62.7. The van der Waals surface area contributed by atoms with Crippen LogP contribution < -0.4 is 0 Å². The highest BCUT2D eigenvalue weighted by Gasteiger charge is 2.29. The van der Waals surface area contributed by atoms with Crippen LogP contribution in [0.4, 0.5) is 0 Å². The van der Waals surface area contributed by atoms with Crippen LogP contribution in [0, 0.1) is 0 Å². The molecule has 0 saturated heterocycles. The van der Waals surface area contributed by atoms with E-state index in [1.165, 1.54) is 51.4 Å². The molecule has 0 aliphatic heterocycles. The Morgan fingerprint density at radius 1 is 0.333 bits per heavy atom. The average molecular weight is 1270 g/mol. The van der Waals surface area contributed by atoms with Crippen molar-refractivity contribution in [1.29, 1.82) is 0 Å². The number of aliphatic hydroxyl groups is 2. The van der Waals surface area contributed by atoms with Gasteiger partial charge in [-0.1, -0.05) is 227 Å². The normalized spacial score (nSPS) is 14.9. The fourth-order valence-corrected chi connectivity index (χ4v) is 10.2. The Morgan fingerprint density at radius 2 is 0.621 bits per heavy atom. The lowest BCUT2D eigenvalue weighted by molar-refractivity contribution is -0.161. The highest BCUT2D eigenvalue weighted by Crippen LogP contribution is 2.45. The highest BCUT2D eigenvalue weighted by molar-refractivity contribution is 7.47. The molecule has 5 unspecified atom stereocenters. The van der Waals surface area contributed by atoms with Gasteiger partial charge in [0.25, 0.3) is 0 Å². The summed E-state index contributed by atoms with van der Waals surface area (Å²) in [6, 6.07) is 0. The van der Waals surface area contributed by atoms with Gasteiger partial charge in [0.05, 0.1) is 26.4 Å². The van der Waals surface area contributed by atoms with Crippen LogP contribution in [-0.2, 0) is 55.8 Å². The second-order valence-corrected chi connectivity index (χ2v) is 25.1. The van der Waals surface area contributed by atoms with Crippen molar-refractivity contribution in [2.24, 2.45) is 0 Å². The number of ether oxygens (including phenoxy) is 3. The lowest BCUT2D eigenvalue weighted by Crippen LogP contribution is -2.30. The molecule has 0 radical (unpaired) electrons. The molecule has 87 heavy (non-hydrogen) atoms. The number of unbranched alkanes of at least 4 members (excludes halogenated alkanes) is 24. The van der Waals surface area contributed by atoms with Gasteiger partial charge in [-0.05, 0) is 116 Å². The number of hydrogen-bond donors (Lipinski definition) is 4. The third-order valence-electron chi connectivity index (χ3n) is 13.8. The number of allylic oxidation sites excluding steroid dienone is 16. The van der Waals surface area contributed by atoms with Crippen molar-refractivity contribution >= 4 is 33.6 Å². The van der Waals surface area contributed by atoms with Gasteiger partial charge >= 0.3 is 33.6 Å². The first-order valence-corrected chi connectivity index (χ1v) is 36.5. The van der Waals surface area contributed by atoms with Gasteiger partial charge < -0.3 is 34.2 Å². The van der Waals surface area contributed by atoms with Crippen molar-refractivity contribution in [3.8, 4) is 0 Å². The standard InChI is InChI=1S/C69H120O16P2/c1-4-7-10-13-16-19-22-24-26-27-28-29-30-31-32-33-34-35-37-39-41-43-46-49-52-55-67(72)79-58-64(70)59-81-86(75,76)82-60-65(71)61-83-87(77,78)84-63-66(85-69(74)57-54-51-48-45-40-21-18-15-12-9-6-3)62-80-68(73)56-53-50-47-44-42-38-36-25-23-20-17-14-11-8-5-2/h7,10,15-16,18-19,24-26,28-29,31-32,34-36,64-66,70-71H,4-6,8-9,11-14,17,20-23,27,30,33,37-63H2,1-3H3,(H,75,76)(H,77,78)/b10-7-,18-15-,19-16-,26-24-,29-28-,32-31-,35-34-,36-25-. The van der Waals surface area contributed by atoms with Gasteiger partial charge in [-0.25, -0.2) is 9.13 Å². The zero-order valence-corrected chi connectivity index (χ0v) is 56.0. The third kappa shape index (κ3) is 63.8. The SMILES string of the molecule is CC/C=C\C/C=C\C/C=C\C/C=C\C/C=C\C/C=C\CCCCCCCCC(=O)OCC(O)COP(=O)(O)OCC(O)COP(=O)(O)OCC(COC(=O)CCCCCCC/C=C\CCCCCCCC)OC(=O)CCCCCCC/C=C\CCCC. The number of carbonyl (C=O) groups is 3. The summed E-state index contributed by atoms with van der Waals surface area (Å²) < 4.78 is 60.7. The molecule has 16 nitrogen and oxygen atoms in total. The van der Waals surface area contributed by atoms with E-state index < -0.39 is 91.5 Å². The van der Waals surface area contributed by atoms with Gasteiger partial charge in [0.15, 0.2) is 6.10 Å². The number of esters is 3. The van der Waals surface area contributed by atoms with Crippen molar-refractivity contribution in [3.63, 3.8) is 0 Å². The van der Waals surface area contributed by atoms with E-state index >= 15 is 0 Å². The van der Waals surface area contributed by atoms with Crippen LogP contribution in [0.25, 0.3) is 0 Å². The van der Waals surface area contributed by atoms with Crippen LogP contribution >= 0.6 is 15.6 Å². The number of phosphoric ester groups is 2. The van der Waals surface area contributed by atoms with E-state index in [0.29, 0.717) is 19.3 Å². The largest absolute Gasteiger partial charge is 0.472 e. The first kappa shape index (κ1) is 83.5. The van der Waals surface area contributed by atoms with Gasteiger partial charge in [0.2, 0.25) is 0 Å². The maximum absolute atomic E-state index is 12.8. The minimum Gasteiger partial charge on any atom is -0.463 e. The van der Waals surface area contributed by atoms with Crippen LogP contribution in [0.3, 0.4) is 0 Å². The third-order valence-corrected chi connectivity index (χ3v) is 15.7. The molecule has 0 rings (SSSR count). The van der Waals surface area contributed by atoms with Gasteiger partial charge in [0.1, 0.15) is 25.4 Å². The summed E-state index contributed by atoms with van der Waals surface area (Å²) >= 11 is 0. The number of carbonyl (C=O) groups excluding carboxylic acids is 3. The molecule has 0 heterocycles. The summed E-state index contributed by atoms with van der Waals surface area (Å²) in [6.45, 7) is 2.46. The first-order chi connectivity index (χ1) is 42.2. The molecule has 5 atom stereocenters. The van der Waals surface area contributed by atoms with Gasteiger partial charge in [0, 0.05) is 19.3 Å². The predicted octanol–water partition coefficient (Wildman–Crippen LogP) is 18.3. The Hall–Kier alpha value is -3.53. The van der Waals surface area contributed by atoms with E-state index in [2.05, 4.69) is 118 Å². The Balaban J connectivity index is 4.53. The van der Waals surface area contributed by atoms with Crippen molar-refractivity contribution in [2.75, 3.05) is 39.6 Å². The Bertz CT molecular complexity index is 1980. The molecule has 18 heteroatoms. The molecule has 0 aliphatic carbocycles. The van der Waals surface area contributed by atoms with Crippen LogP contribution in [0.1, 0.15) is 265 Å². The summed E-state index contributed by atoms with van der Waals surface area (Å²) in [5, 5.41) is 20.5. The zero-order chi connectivity index (χ0) is 63.8. The number of phosphoric acid groups is 2. The van der Waals surface area contributed by atoms with E-state index in [9.17, 15) is 43.5 Å². The van der Waals surface area contributed by atoms with E-state index in [1.54, 1.807) is 0 Å². The molecule has 0 spiro atoms. The smallest absolute Gasteiger partial charge is 0.463 e. The van der Waals surface area contributed by atoms with Gasteiger partial charge in [-0.3, -0.25) is 32.5 Å². The molecule has 0 fully saturated rings. The van der Waals surface area contributed by atoms with E-state index in [0.717, 1.165) is 154 Å². The molecular weight excluding hydrogens is 1150 g/mol. The molecule has 0 amide bonds. The Kier molecular flexibility index (Phi) is 60.1. The zero-order valence-electron chi connectivity index (χ0n) is 54.2. The van der Waals surface area contributed by atoms with Gasteiger partial charge in [-0.15, -0.1) is 0 Å². The highest BCUT2D eigenvalue weighted by atomic mass is 31.2. The maximum Gasteiger partial charge on any atom is 0.472 e. The molecule has 0 bridgehead atoms. The number of hydrogen-bond acceptors (Lipinski definition) is 14. The van der Waals surface area contributed by atoms with E-state index in [1.807, 2.05) is 0 Å². The van der Waals surface area contributed by atoms with Crippen LogP contribution in [-0.4, -0.2) is 95.9 Å². The number of rotatable bonds is 63. The summed E-state index contributed by atoms with van der Waals surface area (Å²) in [5.41, 5.74) is 0. The monoisotopic (exact) mass is 1270 g/mol. The second-order valence-electron chi connectivity index (χ2n) is 22.2. The minimum atomic E-state index is -4.92. The fraction of sp³-hybridized carbons (Fsp3) is 0.725. The fourth-order valence-electron chi connectivity index (χ4n) is 8.61. The lowest BCUT2D eigenvalue weighted by Gasteiger charge is -2.21. The molecule has 0 saturated carbocycles. The van der Waals surface area contributed by atoms with E-state index in [4.69, 9.17) is 32.3 Å². The van der Waals surface area contributed by atoms with Crippen LogP contribution in [0.5, 0.6) is 0 Å². The molecule has 0 aromatic carbocycles. The number of aliphatic hydroxyl groups excluding tert-OH is 2. The summed E-state index contributed by atoms with van der Waals surface area (Å²) in [6.07, 6.45) is 67.6. The van der Waals surface area contributed by atoms with Crippen molar-refractivity contribution in [3.05, 3.63) is 97.2 Å². The summed E-state index contributed by atoms with van der Waals surface area (Å²) in [7, 11) is -9.77. The summed E-state index contributed by atoms with van der Waals surface area (Å²) in [5.74, 6) is -1.61. The topological polar surface area (TPSA) is 231 Å². The van der Waals surface area contributed by atoms with Gasteiger partial charge in [-0.2, -0.15) is 0 Å². The van der Waals surface area contributed by atoms with Crippen molar-refractivity contribution < 1.29 is 75.8 Å². The van der Waals surface area contributed by atoms with E-state index in [-0.39, 0.29) is 19.3 Å². The van der Waals surface area contributed by atoms with Crippen molar-refractivity contribution in [1.82, 2.24) is 0 Å². The van der Waals surface area contributed by atoms with Crippen LogP contribution in [0.15, 0.2) is 97.2 Å². The minimum absolute atomic E-state index is 0.0927. The molecule has 4 N–H and O–H groups in total. The lowest BCUT2D eigenvalue weighted by atomic mass is 10.1. The molecular formula is C69H120O16P2. The summed E-state index contributed by atoms with van der Waals surface area (Å²) in [4.78, 5) is 58.2. The average Bonchev–Trinajstić information content (AvgIpc) is 3.56. The van der Waals surface area contributed by atoms with Crippen LogP contribution in [0.2, 0.25) is 0 Å². The quantitative estimate of drug-likeness (QED) is 0.0146. The Labute approximate surface area is 527 Å². The van der Waals surface area contributed by atoms with Crippen molar-refractivity contribution in [2.45, 2.75) is 283 Å². The first-order valence-electron chi connectivity index (χ1n) is 33.5. The molecule has 502 valence electrons. The molecule has 0 aliphatic rings. The molecule has 0 aromatic rings. The Morgan fingerprint density at radius 3 is 1.01 bits per heavy atom. The predicted molar refractivity (Wildman–Crippen MR) is 353 cm³/mol.